The van der Waals surface area contributed by atoms with Gasteiger partial charge in [-0.3, -0.25) is 10.2 Å². The summed E-state index contributed by atoms with van der Waals surface area (Å²) in [4.78, 5) is 29.1. The Kier molecular flexibility index (Phi) is 20.6. The van der Waals surface area contributed by atoms with Crippen molar-refractivity contribution in [2.75, 3.05) is 13.2 Å². The van der Waals surface area contributed by atoms with Gasteiger partial charge in [0, 0.05) is 13.3 Å². The van der Waals surface area contributed by atoms with Gasteiger partial charge in [0.25, 0.3) is 9.58 Å². The predicted octanol–water partition coefficient (Wildman–Crippen LogP) is 10.2. The lowest BCUT2D eigenvalue weighted by molar-refractivity contribution is -0.397. The van der Waals surface area contributed by atoms with Crippen molar-refractivity contribution in [2.24, 2.45) is 0 Å². The summed E-state index contributed by atoms with van der Waals surface area (Å²) in [6.45, 7) is 1.82. The highest BCUT2D eigenvalue weighted by Gasteiger charge is 2.66. The molecular weight excluding hydrogens is 1080 g/mol. The number of halogens is 3. The lowest BCUT2D eigenvalue weighted by atomic mass is 9.86. The Morgan fingerprint density at radius 3 is 1.61 bits per heavy atom. The monoisotopic (exact) mass is 1140 g/mol. The molecule has 3 fully saturated rings. The molecule has 2 N–H and O–H groups in total. The Labute approximate surface area is 475 Å². The molecule has 11 atom stereocenters. The van der Waals surface area contributed by atoms with Gasteiger partial charge in [0.2, 0.25) is 18.1 Å². The molecule has 9 rings (SSSR count). The van der Waals surface area contributed by atoms with Crippen molar-refractivity contribution in [1.82, 2.24) is 5.32 Å². The SMILES string of the molecule is CC(=O)N[C@H]1[C@H]([C@H](OCc2ccccc2)[C@@H](COCc2ccccc2)OCc2ccccc2)O[C@@]2(C[C@@H]1OCc1ccccc1)O[C@H]1[C@@H](OC2=O)[C@@H](COCc2ccccc2)OC(OC(=N)C(Cl)(Cl)Cl)[C@@H]1OCc1ccccc1. The summed E-state index contributed by atoms with van der Waals surface area (Å²) in [7, 11) is 0. The molecule has 3 aliphatic rings. The Morgan fingerprint density at radius 2 is 1.10 bits per heavy atom. The normalized spacial score (nSPS) is 24.6. The smallest absolute Gasteiger partial charge is 0.367 e. The van der Waals surface area contributed by atoms with Gasteiger partial charge in [-0.2, -0.15) is 0 Å². The number of hydrogen-bond acceptors (Lipinski definition) is 14. The van der Waals surface area contributed by atoms with Gasteiger partial charge in [-0.25, -0.2) is 4.79 Å². The topological polar surface area (TPSA) is 172 Å². The Morgan fingerprint density at radius 1 is 0.633 bits per heavy atom. The molecule has 0 aromatic heterocycles. The van der Waals surface area contributed by atoms with Crippen molar-refractivity contribution in [1.29, 1.82) is 5.41 Å². The number of esters is 1. The minimum atomic E-state index is -2.32. The van der Waals surface area contributed by atoms with Crippen LogP contribution in [0.15, 0.2) is 182 Å². The molecule has 6 aromatic rings. The molecule has 1 amide bonds. The molecule has 1 spiro atoms. The molecule has 79 heavy (non-hydrogen) atoms. The van der Waals surface area contributed by atoms with Crippen LogP contribution in [0.3, 0.4) is 0 Å². The summed E-state index contributed by atoms with van der Waals surface area (Å²) in [6, 6.07) is 56.2. The largest absolute Gasteiger partial charge is 0.453 e. The number of amides is 1. The lowest BCUT2D eigenvalue weighted by Crippen LogP contribution is -2.74. The maximum absolute atomic E-state index is 15.5. The van der Waals surface area contributed by atoms with Gasteiger partial charge >= 0.3 is 5.97 Å². The second-order valence-electron chi connectivity index (χ2n) is 19.4. The van der Waals surface area contributed by atoms with E-state index < -0.39 is 88.5 Å². The molecule has 1 unspecified atom stereocenters. The van der Waals surface area contributed by atoms with Crippen LogP contribution in [-0.2, 0) is 101 Å². The van der Waals surface area contributed by atoms with Crippen LogP contribution in [0.4, 0.5) is 0 Å². The average Bonchev–Trinajstić information content (AvgIpc) is 3.49. The predicted molar refractivity (Wildman–Crippen MR) is 295 cm³/mol. The van der Waals surface area contributed by atoms with Gasteiger partial charge in [-0.05, 0) is 33.4 Å². The van der Waals surface area contributed by atoms with Crippen LogP contribution in [-0.4, -0.2) is 102 Å². The second-order valence-corrected chi connectivity index (χ2v) is 21.7. The third-order valence-corrected chi connectivity index (χ3v) is 14.1. The molecule has 0 saturated carbocycles. The zero-order valence-corrected chi connectivity index (χ0v) is 45.7. The Hall–Kier alpha value is -5.76. The van der Waals surface area contributed by atoms with E-state index in [1.807, 2.05) is 182 Å². The average molecular weight is 1140 g/mol. The Balaban J connectivity index is 1.14. The number of ether oxygens (including phenoxy) is 11. The summed E-state index contributed by atoms with van der Waals surface area (Å²) in [5.74, 6) is -4.42. The zero-order chi connectivity index (χ0) is 55.0. The van der Waals surface area contributed by atoms with Gasteiger partial charge in [0.15, 0.2) is 12.2 Å². The molecule has 0 aliphatic carbocycles. The van der Waals surface area contributed by atoms with E-state index in [0.29, 0.717) is 0 Å². The molecule has 3 heterocycles. The first kappa shape index (κ1) is 57.9. The van der Waals surface area contributed by atoms with Crippen molar-refractivity contribution in [3.05, 3.63) is 215 Å². The molecule has 3 saturated heterocycles. The number of carbonyl (C=O) groups is 2. The van der Waals surface area contributed by atoms with E-state index in [9.17, 15) is 4.79 Å². The standard InChI is InChI=1S/C61H63Cl3N2O13/c1-41(67)66-51-48(71-35-44-24-12-4-13-25-44)32-60(78-54(51)52(73-37-46-28-16-6-17-29-46)49(72-36-45-26-14-5-15-27-45)39-69-33-42-20-8-2-9-21-42)59(68)76-53-50(40-70-34-43-22-10-3-11-23-43)75-57(77-58(65)61(62,63)64)56(55(53)79-60)74-38-47-30-18-7-19-31-47/h2-31,48-57,65H,32-40H2,1H3,(H,66,67)/t48-,49+,50+,51+,52+,53-,54+,55-,56+,57?,60-/m0/s1. The van der Waals surface area contributed by atoms with E-state index >= 15 is 4.79 Å². The number of fused-ring (bicyclic) bond motifs is 1. The number of alkyl halides is 3. The minimum absolute atomic E-state index is 0.0196. The van der Waals surface area contributed by atoms with Crippen molar-refractivity contribution in [3.8, 4) is 0 Å². The molecule has 6 aromatic carbocycles. The molecular formula is C61H63Cl3N2O13. The van der Waals surface area contributed by atoms with Crippen molar-refractivity contribution >= 4 is 52.6 Å². The number of nitrogens with one attached hydrogen (secondary N) is 2. The zero-order valence-electron chi connectivity index (χ0n) is 43.4. The summed E-state index contributed by atoms with van der Waals surface area (Å²) < 4.78 is 71.5. The first-order valence-corrected chi connectivity index (χ1v) is 27.2. The van der Waals surface area contributed by atoms with Crippen LogP contribution in [0, 0.1) is 5.41 Å². The van der Waals surface area contributed by atoms with Gasteiger partial charge < -0.3 is 57.4 Å². The van der Waals surface area contributed by atoms with Crippen LogP contribution in [0.5, 0.6) is 0 Å². The van der Waals surface area contributed by atoms with E-state index in [2.05, 4.69) is 5.32 Å². The fourth-order valence-electron chi connectivity index (χ4n) is 9.69. The van der Waals surface area contributed by atoms with E-state index in [-0.39, 0.29) is 59.3 Å². The van der Waals surface area contributed by atoms with Gasteiger partial charge in [0.1, 0.15) is 30.5 Å². The van der Waals surface area contributed by atoms with Crippen LogP contribution in [0.1, 0.15) is 46.7 Å². The number of benzene rings is 6. The maximum atomic E-state index is 15.5. The molecule has 18 heteroatoms. The first-order chi connectivity index (χ1) is 38.4. The van der Waals surface area contributed by atoms with Gasteiger partial charge in [-0.15, -0.1) is 0 Å². The van der Waals surface area contributed by atoms with Crippen LogP contribution in [0.25, 0.3) is 0 Å². The molecule has 0 radical (unpaired) electrons. The number of carbonyl (C=O) groups excluding carboxylic acids is 2. The summed E-state index contributed by atoms with van der Waals surface area (Å²) in [6.07, 6.45) is -11.1. The molecule has 3 aliphatic heterocycles. The van der Waals surface area contributed by atoms with E-state index in [4.69, 9.17) is 92.3 Å². The lowest BCUT2D eigenvalue weighted by Gasteiger charge is -2.55. The molecule has 416 valence electrons. The van der Waals surface area contributed by atoms with Crippen LogP contribution in [0.2, 0.25) is 0 Å². The summed E-state index contributed by atoms with van der Waals surface area (Å²) in [5.41, 5.74) is 5.07. The van der Waals surface area contributed by atoms with Gasteiger partial charge in [0.05, 0.1) is 65.0 Å². The van der Waals surface area contributed by atoms with Crippen LogP contribution < -0.4 is 5.32 Å². The highest BCUT2D eigenvalue weighted by molar-refractivity contribution is 6.76. The third-order valence-electron chi connectivity index (χ3n) is 13.5. The fourth-order valence-corrected chi connectivity index (χ4v) is 9.83. The second kappa shape index (κ2) is 28.1. The number of hydrogen-bond donors (Lipinski definition) is 2. The van der Waals surface area contributed by atoms with Crippen LogP contribution >= 0.6 is 34.8 Å². The van der Waals surface area contributed by atoms with Gasteiger partial charge in [-0.1, -0.05) is 217 Å². The quantitative estimate of drug-likeness (QED) is 0.0254. The van der Waals surface area contributed by atoms with Crippen molar-refractivity contribution in [2.45, 2.75) is 124 Å². The highest BCUT2D eigenvalue weighted by Crippen LogP contribution is 2.45. The molecule has 15 nitrogen and oxygen atoms in total. The summed E-state index contributed by atoms with van der Waals surface area (Å²) >= 11 is 18.7. The summed E-state index contributed by atoms with van der Waals surface area (Å²) in [5, 5.41) is 11.9. The van der Waals surface area contributed by atoms with Crippen molar-refractivity contribution < 1.29 is 61.7 Å². The van der Waals surface area contributed by atoms with Crippen molar-refractivity contribution in [3.63, 3.8) is 0 Å². The minimum Gasteiger partial charge on any atom is -0.453 e. The van der Waals surface area contributed by atoms with E-state index in [1.54, 1.807) is 0 Å². The number of rotatable bonds is 24. The maximum Gasteiger partial charge on any atom is 0.367 e. The Bertz CT molecular complexity index is 2830. The third kappa shape index (κ3) is 16.0. The van der Waals surface area contributed by atoms with E-state index in [0.717, 1.165) is 33.4 Å². The first-order valence-electron chi connectivity index (χ1n) is 26.1. The highest BCUT2D eigenvalue weighted by atomic mass is 35.6. The fraction of sp³-hybridized carbons (Fsp3) is 0.361. The van der Waals surface area contributed by atoms with E-state index in [1.165, 1.54) is 6.92 Å². The molecule has 0 bridgehead atoms.